The van der Waals surface area contributed by atoms with Crippen LogP contribution in [0.25, 0.3) is 10.6 Å². The van der Waals surface area contributed by atoms with E-state index in [2.05, 4.69) is 26.2 Å². The molecule has 0 aliphatic heterocycles. The maximum Gasteiger partial charge on any atom is 0.220 e. The van der Waals surface area contributed by atoms with Gasteiger partial charge in [-0.1, -0.05) is 58.4 Å². The summed E-state index contributed by atoms with van der Waals surface area (Å²) in [6.07, 6.45) is 0.365. The summed E-state index contributed by atoms with van der Waals surface area (Å²) in [5.41, 5.74) is 2.50. The lowest BCUT2D eigenvalue weighted by molar-refractivity contribution is -0.121. The zero-order valence-corrected chi connectivity index (χ0v) is 16.3. The highest BCUT2D eigenvalue weighted by Crippen LogP contribution is 2.23. The van der Waals surface area contributed by atoms with E-state index < -0.39 is 0 Å². The van der Waals surface area contributed by atoms with Crippen molar-refractivity contribution in [3.05, 3.63) is 75.7 Å². The third kappa shape index (κ3) is 5.09. The maximum atomic E-state index is 12.1. The van der Waals surface area contributed by atoms with E-state index in [4.69, 9.17) is 0 Å². The maximum absolute atomic E-state index is 12.1. The number of hydrogen-bond donors (Lipinski definition) is 1. The molecule has 3 rings (SSSR count). The summed E-state index contributed by atoms with van der Waals surface area (Å²) in [6, 6.07) is 17.1. The summed E-state index contributed by atoms with van der Waals surface area (Å²) in [5, 5.41) is 5.70. The van der Waals surface area contributed by atoms with Gasteiger partial charge in [0, 0.05) is 33.8 Å². The van der Waals surface area contributed by atoms with E-state index in [0.717, 1.165) is 20.7 Å². The Labute approximate surface area is 164 Å². The first-order valence-electron chi connectivity index (χ1n) is 8.17. The average Bonchev–Trinajstić information content (AvgIpc) is 3.15. The van der Waals surface area contributed by atoms with Crippen LogP contribution in [0.3, 0.4) is 0 Å². The van der Waals surface area contributed by atoms with Crippen LogP contribution in [-0.4, -0.2) is 16.7 Å². The van der Waals surface area contributed by atoms with E-state index in [0.29, 0.717) is 12.1 Å². The number of halogens is 1. The number of nitrogens with one attached hydrogen (secondary N) is 1. The zero-order chi connectivity index (χ0) is 18.4. The molecule has 0 aliphatic rings. The van der Waals surface area contributed by atoms with E-state index in [9.17, 15) is 9.59 Å². The van der Waals surface area contributed by atoms with Gasteiger partial charge in [0.2, 0.25) is 5.91 Å². The predicted octanol–water partition coefficient (Wildman–Crippen LogP) is 4.85. The molecule has 0 radical (unpaired) electrons. The second-order valence-electron chi connectivity index (χ2n) is 5.72. The Morgan fingerprint density at radius 1 is 1.00 bits per heavy atom. The Kier molecular flexibility index (Phi) is 6.30. The minimum atomic E-state index is -0.148. The molecule has 26 heavy (non-hydrogen) atoms. The van der Waals surface area contributed by atoms with Gasteiger partial charge >= 0.3 is 0 Å². The quantitative estimate of drug-likeness (QED) is 0.547. The van der Waals surface area contributed by atoms with Crippen molar-refractivity contribution in [1.82, 2.24) is 10.3 Å². The third-order valence-electron chi connectivity index (χ3n) is 3.78. The van der Waals surface area contributed by atoms with E-state index in [1.807, 2.05) is 47.8 Å². The normalized spacial score (nSPS) is 10.5. The van der Waals surface area contributed by atoms with Crippen molar-refractivity contribution in [3.63, 3.8) is 0 Å². The molecule has 0 unspecified atom stereocenters. The highest BCUT2D eigenvalue weighted by atomic mass is 79.9. The monoisotopic (exact) mass is 428 g/mol. The van der Waals surface area contributed by atoms with Crippen LogP contribution in [-0.2, 0) is 11.3 Å². The van der Waals surface area contributed by atoms with Gasteiger partial charge in [0.1, 0.15) is 5.01 Å². The van der Waals surface area contributed by atoms with Gasteiger partial charge in [-0.3, -0.25) is 9.59 Å². The van der Waals surface area contributed by atoms with Crippen molar-refractivity contribution >= 4 is 39.0 Å². The molecule has 3 aromatic rings. The van der Waals surface area contributed by atoms with Gasteiger partial charge in [0.25, 0.3) is 0 Å². The molecular weight excluding hydrogens is 412 g/mol. The summed E-state index contributed by atoms with van der Waals surface area (Å²) < 4.78 is 0.921. The van der Waals surface area contributed by atoms with Crippen LogP contribution < -0.4 is 5.32 Å². The average molecular weight is 429 g/mol. The molecule has 2 aromatic carbocycles. The first-order valence-corrected chi connectivity index (χ1v) is 9.84. The van der Waals surface area contributed by atoms with Gasteiger partial charge in [-0.2, -0.15) is 0 Å². The van der Waals surface area contributed by atoms with Crippen molar-refractivity contribution in [2.24, 2.45) is 0 Å². The number of amides is 1. The molecule has 1 aromatic heterocycles. The minimum Gasteiger partial charge on any atom is -0.350 e. The molecule has 0 fully saturated rings. The second kappa shape index (κ2) is 8.87. The van der Waals surface area contributed by atoms with E-state index in [1.165, 1.54) is 0 Å². The van der Waals surface area contributed by atoms with Gasteiger partial charge in [-0.15, -0.1) is 11.3 Å². The molecule has 1 N–H and O–H groups in total. The summed E-state index contributed by atoms with van der Waals surface area (Å²) in [5.74, 6) is -0.183. The first kappa shape index (κ1) is 18.5. The Bertz CT molecular complexity index is 892. The van der Waals surface area contributed by atoms with Crippen LogP contribution in [0.2, 0.25) is 0 Å². The lowest BCUT2D eigenvalue weighted by Gasteiger charge is -2.04. The highest BCUT2D eigenvalue weighted by Gasteiger charge is 2.10. The topological polar surface area (TPSA) is 59.1 Å². The van der Waals surface area contributed by atoms with Crippen molar-refractivity contribution in [3.8, 4) is 10.6 Å². The summed E-state index contributed by atoms with van der Waals surface area (Å²) >= 11 is 4.89. The largest absolute Gasteiger partial charge is 0.350 e. The van der Waals surface area contributed by atoms with Crippen LogP contribution in [0.4, 0.5) is 0 Å². The number of rotatable bonds is 7. The van der Waals surface area contributed by atoms with E-state index in [1.54, 1.807) is 23.5 Å². The van der Waals surface area contributed by atoms with Crippen LogP contribution in [0.1, 0.15) is 28.9 Å². The third-order valence-corrected chi connectivity index (χ3v) is 5.25. The number of benzene rings is 2. The van der Waals surface area contributed by atoms with Gasteiger partial charge in [-0.25, -0.2) is 4.98 Å². The minimum absolute atomic E-state index is 0.0346. The SMILES string of the molecule is O=C(CCC(=O)c1ccc(Br)cc1)NCc1csc(-c2ccccc2)n1. The molecule has 0 bridgehead atoms. The standard InChI is InChI=1S/C20H17BrN2O2S/c21-16-8-6-14(7-9-16)18(24)10-11-19(25)22-12-17-13-26-20(23-17)15-4-2-1-3-5-15/h1-9,13H,10-12H2,(H,22,25). The second-order valence-corrected chi connectivity index (χ2v) is 7.49. The number of ketones is 1. The van der Waals surface area contributed by atoms with Crippen LogP contribution in [0.5, 0.6) is 0 Å². The molecular formula is C20H17BrN2O2S. The molecule has 0 aliphatic carbocycles. The highest BCUT2D eigenvalue weighted by molar-refractivity contribution is 9.10. The number of carbonyl (C=O) groups is 2. The smallest absolute Gasteiger partial charge is 0.220 e. The van der Waals surface area contributed by atoms with Crippen molar-refractivity contribution in [2.45, 2.75) is 19.4 Å². The van der Waals surface area contributed by atoms with Gasteiger partial charge in [-0.05, 0) is 12.1 Å². The molecule has 0 saturated carbocycles. The van der Waals surface area contributed by atoms with Crippen molar-refractivity contribution < 1.29 is 9.59 Å². The Morgan fingerprint density at radius 2 is 1.73 bits per heavy atom. The van der Waals surface area contributed by atoms with Crippen LogP contribution in [0, 0.1) is 0 Å². The zero-order valence-electron chi connectivity index (χ0n) is 13.9. The number of Topliss-reactive ketones (excluding diaryl/α,β-unsaturated/α-hetero) is 1. The number of carbonyl (C=O) groups excluding carboxylic acids is 2. The fourth-order valence-corrected chi connectivity index (χ4v) is 3.48. The molecule has 6 heteroatoms. The molecule has 4 nitrogen and oxygen atoms in total. The number of aromatic nitrogens is 1. The van der Waals surface area contributed by atoms with Crippen LogP contribution in [0.15, 0.2) is 64.5 Å². The van der Waals surface area contributed by atoms with E-state index in [-0.39, 0.29) is 24.5 Å². The number of hydrogen-bond acceptors (Lipinski definition) is 4. The molecule has 0 atom stereocenters. The Morgan fingerprint density at radius 3 is 2.46 bits per heavy atom. The fraction of sp³-hybridized carbons (Fsp3) is 0.150. The summed E-state index contributed by atoms with van der Waals surface area (Å²) in [7, 11) is 0. The van der Waals surface area contributed by atoms with Crippen LogP contribution >= 0.6 is 27.3 Å². The Balaban J connectivity index is 1.46. The molecule has 1 heterocycles. The molecule has 132 valence electrons. The molecule has 1 amide bonds. The first-order chi connectivity index (χ1) is 12.6. The Hall–Kier alpha value is -2.31. The summed E-state index contributed by atoms with van der Waals surface area (Å²) in [4.78, 5) is 28.6. The lowest BCUT2D eigenvalue weighted by atomic mass is 10.1. The number of thiazole rings is 1. The lowest BCUT2D eigenvalue weighted by Crippen LogP contribution is -2.23. The van der Waals surface area contributed by atoms with Gasteiger partial charge < -0.3 is 5.32 Å². The molecule has 0 saturated heterocycles. The van der Waals surface area contributed by atoms with Gasteiger partial charge in [0.05, 0.1) is 12.2 Å². The summed E-state index contributed by atoms with van der Waals surface area (Å²) in [6.45, 7) is 0.370. The predicted molar refractivity (Wildman–Crippen MR) is 107 cm³/mol. The number of nitrogens with zero attached hydrogens (tertiary/aromatic N) is 1. The van der Waals surface area contributed by atoms with Gasteiger partial charge in [0.15, 0.2) is 5.78 Å². The fourth-order valence-electron chi connectivity index (χ4n) is 2.39. The van der Waals surface area contributed by atoms with Crippen molar-refractivity contribution in [2.75, 3.05) is 0 Å². The van der Waals surface area contributed by atoms with Crippen molar-refractivity contribution in [1.29, 1.82) is 0 Å². The van der Waals surface area contributed by atoms with E-state index >= 15 is 0 Å². The molecule has 0 spiro atoms.